The highest BCUT2D eigenvalue weighted by Crippen LogP contribution is 2.46. The molecule has 7 heteroatoms. The fourth-order valence-corrected chi connectivity index (χ4v) is 6.10. The van der Waals surface area contributed by atoms with Crippen molar-refractivity contribution < 1.29 is 4.79 Å². The van der Waals surface area contributed by atoms with Crippen LogP contribution in [0.3, 0.4) is 0 Å². The van der Waals surface area contributed by atoms with Crippen molar-refractivity contribution in [3.63, 3.8) is 0 Å². The van der Waals surface area contributed by atoms with E-state index >= 15 is 0 Å². The Kier molecular flexibility index (Phi) is 7.22. The van der Waals surface area contributed by atoms with E-state index in [9.17, 15) is 4.79 Å². The molecule has 1 aliphatic rings. The number of thiocarbonyl (C=S) groups is 1. The summed E-state index contributed by atoms with van der Waals surface area (Å²) in [6, 6.07) is 17.9. The van der Waals surface area contributed by atoms with Crippen molar-refractivity contribution in [2.24, 2.45) is 0 Å². The van der Waals surface area contributed by atoms with Gasteiger partial charge >= 0.3 is 0 Å². The molecule has 2 aromatic rings. The Balaban J connectivity index is 1.94. The maximum Gasteiger partial charge on any atom is 0.257 e. The SMILES string of the molecule is CCN(CC)N1C(=O)C(C(Sc2ccccc2)c2ccc(Cl)cc2)SC1=S. The number of hydrazine groups is 1. The third kappa shape index (κ3) is 4.69. The highest BCUT2D eigenvalue weighted by Gasteiger charge is 2.44. The summed E-state index contributed by atoms with van der Waals surface area (Å²) >= 11 is 14.8. The van der Waals surface area contributed by atoms with Gasteiger partial charge in [-0.25, -0.2) is 10.0 Å². The number of amides is 1. The van der Waals surface area contributed by atoms with Crippen LogP contribution >= 0.6 is 47.3 Å². The number of rotatable bonds is 7. The molecule has 27 heavy (non-hydrogen) atoms. The second-order valence-electron chi connectivity index (χ2n) is 6.00. The van der Waals surface area contributed by atoms with E-state index in [1.54, 1.807) is 16.8 Å². The summed E-state index contributed by atoms with van der Waals surface area (Å²) < 4.78 is 0.626. The molecule has 1 heterocycles. The first-order chi connectivity index (χ1) is 13.0. The number of hydrogen-bond acceptors (Lipinski definition) is 5. The summed E-state index contributed by atoms with van der Waals surface area (Å²) in [5.74, 6) is 0.0529. The van der Waals surface area contributed by atoms with Crippen molar-refractivity contribution in [2.75, 3.05) is 13.1 Å². The maximum absolute atomic E-state index is 13.3. The standard InChI is InChI=1S/C20H21ClN2OS3/c1-3-22(4-2)23-19(24)18(27-20(23)25)17(14-10-12-15(21)13-11-14)26-16-8-6-5-7-9-16/h5-13,17-18H,3-4H2,1-2H3. The Morgan fingerprint density at radius 3 is 2.37 bits per heavy atom. The molecular weight excluding hydrogens is 416 g/mol. The first-order valence-electron chi connectivity index (χ1n) is 8.81. The zero-order valence-corrected chi connectivity index (χ0v) is 18.4. The smallest absolute Gasteiger partial charge is 0.257 e. The number of thioether (sulfide) groups is 2. The fourth-order valence-electron chi connectivity index (χ4n) is 2.97. The van der Waals surface area contributed by atoms with Crippen molar-refractivity contribution in [3.05, 3.63) is 65.2 Å². The minimum Gasteiger partial charge on any atom is -0.272 e. The van der Waals surface area contributed by atoms with Gasteiger partial charge in [-0.05, 0) is 29.8 Å². The van der Waals surface area contributed by atoms with Gasteiger partial charge in [0, 0.05) is 23.0 Å². The quantitative estimate of drug-likeness (QED) is 0.411. The largest absolute Gasteiger partial charge is 0.272 e. The van der Waals surface area contributed by atoms with E-state index in [4.69, 9.17) is 23.8 Å². The average Bonchev–Trinajstić information content (AvgIpc) is 2.97. The van der Waals surface area contributed by atoms with E-state index in [2.05, 4.69) is 12.1 Å². The average molecular weight is 437 g/mol. The molecule has 0 spiro atoms. The van der Waals surface area contributed by atoms with Gasteiger partial charge in [-0.3, -0.25) is 4.79 Å². The number of hydrogen-bond donors (Lipinski definition) is 0. The lowest BCUT2D eigenvalue weighted by Crippen LogP contribution is -2.46. The van der Waals surface area contributed by atoms with E-state index in [0.29, 0.717) is 9.34 Å². The zero-order chi connectivity index (χ0) is 19.4. The van der Waals surface area contributed by atoms with Gasteiger partial charge in [0.15, 0.2) is 4.32 Å². The first kappa shape index (κ1) is 20.7. The molecular formula is C20H21ClN2OS3. The first-order valence-corrected chi connectivity index (χ1v) is 11.4. The second-order valence-corrected chi connectivity index (χ2v) is 9.42. The molecule has 1 aliphatic heterocycles. The van der Waals surface area contributed by atoms with Crippen molar-refractivity contribution >= 4 is 57.6 Å². The van der Waals surface area contributed by atoms with Crippen LogP contribution < -0.4 is 0 Å². The highest BCUT2D eigenvalue weighted by atomic mass is 35.5. The predicted octanol–water partition coefficient (Wildman–Crippen LogP) is 5.66. The lowest BCUT2D eigenvalue weighted by molar-refractivity contribution is -0.137. The lowest BCUT2D eigenvalue weighted by Gasteiger charge is -2.29. The molecule has 0 aliphatic carbocycles. The van der Waals surface area contributed by atoms with Crippen LogP contribution in [0.4, 0.5) is 0 Å². The summed E-state index contributed by atoms with van der Waals surface area (Å²) in [6.45, 7) is 5.56. The summed E-state index contributed by atoms with van der Waals surface area (Å²) in [5.41, 5.74) is 1.07. The molecule has 0 aromatic heterocycles. The molecule has 0 saturated carbocycles. The Bertz CT molecular complexity index is 797. The molecule has 0 bridgehead atoms. The van der Waals surface area contributed by atoms with Gasteiger partial charge in [-0.2, -0.15) is 0 Å². The number of benzene rings is 2. The zero-order valence-electron chi connectivity index (χ0n) is 15.2. The summed E-state index contributed by atoms with van der Waals surface area (Å²) in [7, 11) is 0. The number of carbonyl (C=O) groups excluding carboxylic acids is 1. The van der Waals surface area contributed by atoms with Gasteiger partial charge in [0.05, 0.1) is 5.25 Å². The van der Waals surface area contributed by atoms with Crippen LogP contribution in [0.15, 0.2) is 59.5 Å². The highest BCUT2D eigenvalue weighted by molar-refractivity contribution is 8.24. The van der Waals surface area contributed by atoms with Crippen molar-refractivity contribution in [1.29, 1.82) is 0 Å². The van der Waals surface area contributed by atoms with Crippen LogP contribution in [-0.2, 0) is 4.79 Å². The minimum absolute atomic E-state index is 0.0529. The molecule has 142 valence electrons. The summed E-state index contributed by atoms with van der Waals surface area (Å²) in [5, 5.41) is 4.03. The van der Waals surface area contributed by atoms with E-state index < -0.39 is 0 Å². The Morgan fingerprint density at radius 2 is 1.78 bits per heavy atom. The minimum atomic E-state index is -0.274. The molecule has 0 N–H and O–H groups in total. The van der Waals surface area contributed by atoms with Crippen LogP contribution in [0.2, 0.25) is 5.02 Å². The Hall–Kier alpha value is -1.05. The maximum atomic E-state index is 13.3. The summed E-state index contributed by atoms with van der Waals surface area (Å²) in [6.07, 6.45) is 0. The van der Waals surface area contributed by atoms with Crippen LogP contribution in [0, 0.1) is 0 Å². The molecule has 1 fully saturated rings. The van der Waals surface area contributed by atoms with Crippen LogP contribution in [0.5, 0.6) is 0 Å². The topological polar surface area (TPSA) is 23.6 Å². The van der Waals surface area contributed by atoms with Gasteiger partial charge in [0.1, 0.15) is 5.25 Å². The van der Waals surface area contributed by atoms with Gasteiger partial charge < -0.3 is 0 Å². The van der Waals surface area contributed by atoms with Gasteiger partial charge in [0.2, 0.25) is 0 Å². The monoisotopic (exact) mass is 436 g/mol. The molecule has 1 amide bonds. The number of nitrogens with zero attached hydrogens (tertiary/aromatic N) is 2. The second kappa shape index (κ2) is 9.43. The molecule has 2 atom stereocenters. The fraction of sp³-hybridized carbons (Fsp3) is 0.300. The van der Waals surface area contributed by atoms with Crippen LogP contribution in [-0.4, -0.2) is 38.6 Å². The Morgan fingerprint density at radius 1 is 1.15 bits per heavy atom. The number of halogens is 1. The third-order valence-electron chi connectivity index (χ3n) is 4.35. The molecule has 3 rings (SSSR count). The van der Waals surface area contributed by atoms with Gasteiger partial charge in [-0.1, -0.05) is 79.8 Å². The Labute approximate surface area is 179 Å². The third-order valence-corrected chi connectivity index (χ3v) is 7.68. The van der Waals surface area contributed by atoms with E-state index in [1.807, 2.05) is 61.3 Å². The lowest BCUT2D eigenvalue weighted by atomic mass is 10.1. The molecule has 2 aromatic carbocycles. The van der Waals surface area contributed by atoms with Crippen molar-refractivity contribution in [1.82, 2.24) is 10.0 Å². The normalized spacial score (nSPS) is 18.4. The molecule has 2 unspecified atom stereocenters. The van der Waals surface area contributed by atoms with Crippen molar-refractivity contribution in [2.45, 2.75) is 29.2 Å². The van der Waals surface area contributed by atoms with Crippen LogP contribution in [0.25, 0.3) is 0 Å². The molecule has 0 radical (unpaired) electrons. The van der Waals surface area contributed by atoms with E-state index in [0.717, 1.165) is 23.5 Å². The van der Waals surface area contributed by atoms with Gasteiger partial charge in [-0.15, -0.1) is 11.8 Å². The number of carbonyl (C=O) groups is 1. The van der Waals surface area contributed by atoms with Gasteiger partial charge in [0.25, 0.3) is 5.91 Å². The summed E-state index contributed by atoms with van der Waals surface area (Å²) in [4.78, 5) is 14.4. The van der Waals surface area contributed by atoms with E-state index in [-0.39, 0.29) is 16.4 Å². The van der Waals surface area contributed by atoms with Crippen molar-refractivity contribution in [3.8, 4) is 0 Å². The molecule has 1 saturated heterocycles. The molecule has 3 nitrogen and oxygen atoms in total. The van der Waals surface area contributed by atoms with Crippen LogP contribution in [0.1, 0.15) is 24.7 Å². The van der Waals surface area contributed by atoms with E-state index in [1.165, 1.54) is 11.8 Å². The predicted molar refractivity (Wildman–Crippen MR) is 120 cm³/mol.